The molecule has 0 saturated heterocycles. The first kappa shape index (κ1) is 11.9. The van der Waals surface area contributed by atoms with Crippen LogP contribution in [0.25, 0.3) is 0 Å². The third kappa shape index (κ3) is 2.24. The maximum atomic E-state index is 11.7. The summed E-state index contributed by atoms with van der Waals surface area (Å²) >= 11 is 0. The molecule has 0 amide bonds. The molecule has 0 aliphatic carbocycles. The Hall–Kier alpha value is -1.62. The Morgan fingerprint density at radius 2 is 1.94 bits per heavy atom. The fourth-order valence-electron chi connectivity index (χ4n) is 1.46. The average Bonchev–Trinajstić information content (AvgIpc) is 2.54. The number of hydrogen-bond acceptors (Lipinski definition) is 4. The molecule has 4 nitrogen and oxygen atoms in total. The largest absolute Gasteiger partial charge is 0.486 e. The van der Waals surface area contributed by atoms with E-state index in [9.17, 15) is 8.42 Å². The van der Waals surface area contributed by atoms with Crippen LogP contribution in [-0.4, -0.2) is 20.1 Å². The van der Waals surface area contributed by atoms with Crippen molar-refractivity contribution in [3.8, 4) is 5.75 Å². The van der Waals surface area contributed by atoms with E-state index in [0.717, 1.165) is 5.56 Å². The molecule has 0 saturated carbocycles. The molecule has 1 heterocycles. The molecule has 5 heteroatoms. The Morgan fingerprint density at radius 3 is 2.53 bits per heavy atom. The van der Waals surface area contributed by atoms with Crippen LogP contribution in [0.5, 0.6) is 5.75 Å². The van der Waals surface area contributed by atoms with E-state index in [1.54, 1.807) is 6.07 Å². The standard InChI is InChI=1S/C12H13NO3S/c1-9-5-3-4-6-11(9)16-8-12-13-7-10(2)17(12,14)15/h3-7H,8H2,1-2H3. The van der Waals surface area contributed by atoms with E-state index in [-0.39, 0.29) is 16.6 Å². The van der Waals surface area contributed by atoms with Gasteiger partial charge in [0.1, 0.15) is 12.4 Å². The summed E-state index contributed by atoms with van der Waals surface area (Å²) in [5, 5.41) is 0.0678. The van der Waals surface area contributed by atoms with E-state index in [4.69, 9.17) is 4.74 Å². The number of benzene rings is 1. The van der Waals surface area contributed by atoms with E-state index < -0.39 is 9.84 Å². The van der Waals surface area contributed by atoms with Crippen molar-refractivity contribution in [1.82, 2.24) is 0 Å². The van der Waals surface area contributed by atoms with Crippen LogP contribution in [0.1, 0.15) is 12.5 Å². The summed E-state index contributed by atoms with van der Waals surface area (Å²) in [7, 11) is -3.36. The van der Waals surface area contributed by atoms with Gasteiger partial charge in [-0.15, -0.1) is 0 Å². The molecule has 0 radical (unpaired) electrons. The van der Waals surface area contributed by atoms with Crippen LogP contribution in [0.2, 0.25) is 0 Å². The number of allylic oxidation sites excluding steroid dienone is 1. The van der Waals surface area contributed by atoms with Gasteiger partial charge in [-0.25, -0.2) is 13.4 Å². The number of hydrogen-bond donors (Lipinski definition) is 0. The lowest BCUT2D eigenvalue weighted by Gasteiger charge is -2.08. The number of nitrogens with zero attached hydrogens (tertiary/aromatic N) is 1. The Kier molecular flexibility index (Phi) is 3.02. The smallest absolute Gasteiger partial charge is 0.220 e. The second-order valence-electron chi connectivity index (χ2n) is 3.82. The molecule has 1 aromatic rings. The monoisotopic (exact) mass is 251 g/mol. The van der Waals surface area contributed by atoms with Crippen LogP contribution in [0.15, 0.2) is 40.4 Å². The van der Waals surface area contributed by atoms with Gasteiger partial charge < -0.3 is 4.74 Å². The molecule has 17 heavy (non-hydrogen) atoms. The molecule has 0 spiro atoms. The highest BCUT2D eigenvalue weighted by molar-refractivity contribution is 8.10. The first-order chi connectivity index (χ1) is 8.01. The topological polar surface area (TPSA) is 55.7 Å². The zero-order valence-electron chi connectivity index (χ0n) is 9.67. The van der Waals surface area contributed by atoms with Gasteiger partial charge in [0.2, 0.25) is 9.84 Å². The molecule has 0 unspecified atom stereocenters. The predicted molar refractivity (Wildman–Crippen MR) is 66.8 cm³/mol. The van der Waals surface area contributed by atoms with Crippen molar-refractivity contribution >= 4 is 14.9 Å². The number of ether oxygens (including phenoxy) is 1. The van der Waals surface area contributed by atoms with Crippen LogP contribution in [-0.2, 0) is 9.84 Å². The van der Waals surface area contributed by atoms with Crippen LogP contribution >= 0.6 is 0 Å². The number of aryl methyl sites for hydroxylation is 1. The van der Waals surface area contributed by atoms with Gasteiger partial charge in [-0.1, -0.05) is 18.2 Å². The molecule has 1 aromatic carbocycles. The van der Waals surface area contributed by atoms with Crippen molar-refractivity contribution in [3.63, 3.8) is 0 Å². The predicted octanol–water partition coefficient (Wildman–Crippen LogP) is 2.06. The van der Waals surface area contributed by atoms with Crippen LogP contribution in [0.3, 0.4) is 0 Å². The lowest BCUT2D eigenvalue weighted by molar-refractivity contribution is 0.376. The van der Waals surface area contributed by atoms with Crippen molar-refractivity contribution in [2.75, 3.05) is 6.61 Å². The van der Waals surface area contributed by atoms with Crippen molar-refractivity contribution in [3.05, 3.63) is 40.9 Å². The fourth-order valence-corrected chi connectivity index (χ4v) is 2.43. The molecule has 0 fully saturated rings. The van der Waals surface area contributed by atoms with E-state index in [0.29, 0.717) is 5.75 Å². The molecule has 90 valence electrons. The molecule has 0 bridgehead atoms. The Morgan fingerprint density at radius 1 is 1.24 bits per heavy atom. The quantitative estimate of drug-likeness (QED) is 0.826. The minimum absolute atomic E-state index is 0.0268. The summed E-state index contributed by atoms with van der Waals surface area (Å²) in [4.78, 5) is 4.12. The van der Waals surface area contributed by atoms with E-state index in [1.807, 2.05) is 25.1 Å². The van der Waals surface area contributed by atoms with Crippen molar-refractivity contribution < 1.29 is 13.2 Å². The second-order valence-corrected chi connectivity index (χ2v) is 5.94. The van der Waals surface area contributed by atoms with Crippen LogP contribution in [0.4, 0.5) is 0 Å². The minimum atomic E-state index is -3.36. The van der Waals surface area contributed by atoms with Crippen molar-refractivity contribution in [2.45, 2.75) is 13.8 Å². The fraction of sp³-hybridized carbons (Fsp3) is 0.250. The molecule has 0 N–H and O–H groups in total. The lowest BCUT2D eigenvalue weighted by Crippen LogP contribution is -2.20. The maximum absolute atomic E-state index is 11.7. The van der Waals surface area contributed by atoms with Crippen molar-refractivity contribution in [1.29, 1.82) is 0 Å². The first-order valence-electron chi connectivity index (χ1n) is 5.19. The SMILES string of the molecule is CC1=CN=C(COc2ccccc2C)S1(=O)=O. The van der Waals surface area contributed by atoms with Crippen molar-refractivity contribution in [2.24, 2.45) is 4.99 Å². The zero-order valence-corrected chi connectivity index (χ0v) is 10.5. The normalized spacial score (nSPS) is 17.5. The van der Waals surface area contributed by atoms with Crippen LogP contribution < -0.4 is 4.74 Å². The zero-order chi connectivity index (χ0) is 12.5. The van der Waals surface area contributed by atoms with Gasteiger partial charge in [-0.2, -0.15) is 0 Å². The summed E-state index contributed by atoms with van der Waals surface area (Å²) in [5.74, 6) is 0.676. The first-order valence-corrected chi connectivity index (χ1v) is 6.67. The van der Waals surface area contributed by atoms with Gasteiger partial charge in [0.05, 0.1) is 4.91 Å². The highest BCUT2D eigenvalue weighted by atomic mass is 32.2. The third-order valence-electron chi connectivity index (χ3n) is 2.57. The molecule has 0 aromatic heterocycles. The van der Waals surface area contributed by atoms with E-state index >= 15 is 0 Å². The Labute approximate surface area is 101 Å². The summed E-state index contributed by atoms with van der Waals surface area (Å²) < 4.78 is 28.9. The summed E-state index contributed by atoms with van der Waals surface area (Å²) in [6.07, 6.45) is 1.35. The summed E-state index contributed by atoms with van der Waals surface area (Å²) in [5.41, 5.74) is 0.966. The van der Waals surface area contributed by atoms with Gasteiger partial charge in [-0.3, -0.25) is 0 Å². The van der Waals surface area contributed by atoms with Gasteiger partial charge in [0.25, 0.3) is 0 Å². The molecule has 0 atom stereocenters. The number of sulfone groups is 1. The van der Waals surface area contributed by atoms with Gasteiger partial charge in [0, 0.05) is 6.20 Å². The van der Waals surface area contributed by atoms with Gasteiger partial charge in [-0.05, 0) is 25.5 Å². The third-order valence-corrected chi connectivity index (χ3v) is 4.37. The Bertz CT molecular complexity index is 600. The maximum Gasteiger partial charge on any atom is 0.220 e. The molecule has 1 aliphatic rings. The van der Waals surface area contributed by atoms with Crippen LogP contribution in [0, 0.1) is 6.92 Å². The number of aliphatic imine (C=N–C) groups is 1. The highest BCUT2D eigenvalue weighted by Gasteiger charge is 2.26. The second kappa shape index (κ2) is 4.33. The lowest BCUT2D eigenvalue weighted by atomic mass is 10.2. The van der Waals surface area contributed by atoms with Gasteiger partial charge >= 0.3 is 0 Å². The molecular weight excluding hydrogens is 238 g/mol. The molecule has 1 aliphatic heterocycles. The van der Waals surface area contributed by atoms with E-state index in [2.05, 4.69) is 4.99 Å². The number of para-hydroxylation sites is 1. The number of rotatable bonds is 3. The average molecular weight is 251 g/mol. The van der Waals surface area contributed by atoms with Gasteiger partial charge in [0.15, 0.2) is 5.04 Å². The Balaban J connectivity index is 2.10. The minimum Gasteiger partial charge on any atom is -0.486 e. The molecule has 2 rings (SSSR count). The summed E-state index contributed by atoms with van der Waals surface area (Å²) in [6.45, 7) is 3.41. The van der Waals surface area contributed by atoms with E-state index in [1.165, 1.54) is 13.1 Å². The highest BCUT2D eigenvalue weighted by Crippen LogP contribution is 2.19. The molecular formula is C12H13NO3S. The summed E-state index contributed by atoms with van der Waals surface area (Å²) in [6, 6.07) is 7.45.